The van der Waals surface area contributed by atoms with Crippen molar-refractivity contribution in [3.05, 3.63) is 0 Å². The normalized spacial score (nSPS) is 41.6. The highest BCUT2D eigenvalue weighted by molar-refractivity contribution is 5.83. The lowest BCUT2D eigenvalue weighted by Crippen LogP contribution is -2.52. The van der Waals surface area contributed by atoms with Gasteiger partial charge in [0.15, 0.2) is 17.1 Å². The molecule has 10 atom stereocenters. The van der Waals surface area contributed by atoms with E-state index in [0.717, 1.165) is 0 Å². The Hall–Kier alpha value is -2.37. The summed E-state index contributed by atoms with van der Waals surface area (Å²) in [5.41, 5.74) is -4.46. The van der Waals surface area contributed by atoms with Crippen molar-refractivity contribution in [2.24, 2.45) is 34.0 Å². The SMILES string of the molecule is CCC(C)(C)C(=O)OC1(C)C2CC3C(=O)OC1C3O2.CCC(C)(C)C(=O)OC1C2CC3C1OC(=O)C3(C(F)(F)F)C2. The van der Waals surface area contributed by atoms with Gasteiger partial charge in [0.05, 0.1) is 16.7 Å². The molecule has 4 saturated heterocycles. The average Bonchev–Trinajstić information content (AvgIpc) is 3.68. The van der Waals surface area contributed by atoms with Crippen molar-refractivity contribution < 1.29 is 56.0 Å². The summed E-state index contributed by atoms with van der Waals surface area (Å²) < 4.78 is 67.4. The van der Waals surface area contributed by atoms with Gasteiger partial charge in [0.25, 0.3) is 0 Å². The van der Waals surface area contributed by atoms with Crippen LogP contribution in [0, 0.1) is 34.0 Å². The molecule has 4 aliphatic heterocycles. The van der Waals surface area contributed by atoms with Crippen LogP contribution in [0.25, 0.3) is 0 Å². The average molecular weight is 589 g/mol. The fraction of sp³-hybridized carbons (Fsp3) is 0.862. The van der Waals surface area contributed by atoms with Crippen LogP contribution in [0.4, 0.5) is 13.2 Å². The van der Waals surface area contributed by atoms with Gasteiger partial charge in [0.1, 0.15) is 24.4 Å². The molecular formula is C29H39F3O9. The smallest absolute Gasteiger partial charge is 0.405 e. The van der Waals surface area contributed by atoms with E-state index in [4.69, 9.17) is 23.7 Å². The van der Waals surface area contributed by atoms with Crippen molar-refractivity contribution >= 4 is 23.9 Å². The number of ether oxygens (including phenoxy) is 5. The number of carbonyl (C=O) groups is 4. The van der Waals surface area contributed by atoms with Gasteiger partial charge in [-0.1, -0.05) is 13.8 Å². The zero-order chi connectivity index (χ0) is 30.5. The number of alkyl halides is 3. The van der Waals surface area contributed by atoms with Crippen LogP contribution in [-0.2, 0) is 42.9 Å². The molecule has 10 unspecified atom stereocenters. The highest BCUT2D eigenvalue weighted by Gasteiger charge is 2.80. The molecule has 0 aromatic carbocycles. The third kappa shape index (κ3) is 4.20. The molecule has 9 nitrogen and oxygen atoms in total. The maximum Gasteiger partial charge on any atom is 0.405 e. The monoisotopic (exact) mass is 588 g/mol. The number of fused-ring (bicyclic) bond motifs is 2. The van der Waals surface area contributed by atoms with E-state index >= 15 is 0 Å². The Morgan fingerprint density at radius 1 is 0.951 bits per heavy atom. The van der Waals surface area contributed by atoms with E-state index in [9.17, 15) is 32.3 Å². The molecule has 0 aromatic rings. The summed E-state index contributed by atoms with van der Waals surface area (Å²) in [6.07, 6.45) is -5.48. The van der Waals surface area contributed by atoms with Crippen LogP contribution in [0.15, 0.2) is 0 Å². The van der Waals surface area contributed by atoms with Crippen molar-refractivity contribution in [1.82, 2.24) is 0 Å². The van der Waals surface area contributed by atoms with E-state index in [1.165, 1.54) is 0 Å². The van der Waals surface area contributed by atoms with Crippen LogP contribution >= 0.6 is 0 Å². The quantitative estimate of drug-likeness (QED) is 0.331. The van der Waals surface area contributed by atoms with Crippen LogP contribution in [0.1, 0.15) is 80.6 Å². The Morgan fingerprint density at radius 3 is 2.15 bits per heavy atom. The predicted molar refractivity (Wildman–Crippen MR) is 134 cm³/mol. The Labute approximate surface area is 237 Å². The minimum Gasteiger partial charge on any atom is -0.458 e. The summed E-state index contributed by atoms with van der Waals surface area (Å²) in [5.74, 6) is -3.67. The molecule has 41 heavy (non-hydrogen) atoms. The molecule has 0 spiro atoms. The Morgan fingerprint density at radius 2 is 1.56 bits per heavy atom. The van der Waals surface area contributed by atoms with Gasteiger partial charge in [0.2, 0.25) is 0 Å². The van der Waals surface area contributed by atoms with E-state index in [1.54, 1.807) is 13.8 Å². The van der Waals surface area contributed by atoms with Crippen molar-refractivity contribution in [3.8, 4) is 0 Å². The van der Waals surface area contributed by atoms with Gasteiger partial charge in [-0.05, 0) is 66.7 Å². The molecule has 6 fully saturated rings. The highest BCUT2D eigenvalue weighted by Crippen LogP contribution is 2.68. The van der Waals surface area contributed by atoms with Crippen LogP contribution < -0.4 is 0 Å². The number of rotatable bonds is 6. The minimum absolute atomic E-state index is 0.166. The molecule has 0 N–H and O–H groups in total. The summed E-state index contributed by atoms with van der Waals surface area (Å²) in [6.45, 7) is 12.8. The number of carbonyl (C=O) groups excluding carboxylic acids is 4. The second-order valence-electron chi connectivity index (χ2n) is 13.9. The lowest BCUT2D eigenvalue weighted by Gasteiger charge is -2.36. The van der Waals surface area contributed by atoms with Gasteiger partial charge in [0, 0.05) is 11.8 Å². The van der Waals surface area contributed by atoms with Gasteiger partial charge in [-0.25, -0.2) is 0 Å². The van der Waals surface area contributed by atoms with E-state index < -0.39 is 70.1 Å². The maximum absolute atomic E-state index is 13.4. The molecule has 6 aliphatic rings. The second-order valence-corrected chi connectivity index (χ2v) is 13.9. The lowest BCUT2D eigenvalue weighted by atomic mass is 9.73. The fourth-order valence-corrected chi connectivity index (χ4v) is 7.08. The van der Waals surface area contributed by atoms with Crippen molar-refractivity contribution in [2.45, 2.75) is 123 Å². The first-order chi connectivity index (χ1) is 18.8. The van der Waals surface area contributed by atoms with E-state index in [2.05, 4.69) is 0 Å². The molecule has 0 radical (unpaired) electrons. The fourth-order valence-electron chi connectivity index (χ4n) is 7.08. The first-order valence-electron chi connectivity index (χ1n) is 14.4. The van der Waals surface area contributed by atoms with Crippen LogP contribution in [0.3, 0.4) is 0 Å². The molecule has 2 aliphatic carbocycles. The molecular weight excluding hydrogens is 549 g/mol. The summed E-state index contributed by atoms with van der Waals surface area (Å²) in [6, 6.07) is 0. The Balaban J connectivity index is 0.000000166. The highest BCUT2D eigenvalue weighted by atomic mass is 19.4. The largest absolute Gasteiger partial charge is 0.458 e. The third-order valence-corrected chi connectivity index (χ3v) is 10.7. The van der Waals surface area contributed by atoms with Crippen molar-refractivity contribution in [1.29, 1.82) is 0 Å². The summed E-state index contributed by atoms with van der Waals surface area (Å²) in [7, 11) is 0. The predicted octanol–water partition coefficient (Wildman–Crippen LogP) is 4.29. The zero-order valence-electron chi connectivity index (χ0n) is 24.5. The van der Waals surface area contributed by atoms with E-state index in [-0.39, 0.29) is 42.9 Å². The second kappa shape index (κ2) is 9.31. The van der Waals surface area contributed by atoms with E-state index in [1.807, 2.05) is 34.6 Å². The zero-order valence-corrected chi connectivity index (χ0v) is 24.5. The van der Waals surface area contributed by atoms with Crippen molar-refractivity contribution in [2.75, 3.05) is 0 Å². The Kier molecular flexibility index (Phi) is 6.84. The molecule has 4 heterocycles. The first-order valence-corrected chi connectivity index (χ1v) is 14.4. The molecule has 0 amide bonds. The maximum atomic E-state index is 13.4. The number of esters is 4. The number of hydrogen-bond acceptors (Lipinski definition) is 9. The van der Waals surface area contributed by atoms with Crippen LogP contribution in [0.2, 0.25) is 0 Å². The minimum atomic E-state index is -4.62. The Bertz CT molecular complexity index is 1150. The van der Waals surface area contributed by atoms with E-state index in [0.29, 0.717) is 19.3 Å². The van der Waals surface area contributed by atoms with Gasteiger partial charge in [-0.15, -0.1) is 0 Å². The summed E-state index contributed by atoms with van der Waals surface area (Å²) in [4.78, 5) is 48.0. The number of halogens is 3. The van der Waals surface area contributed by atoms with Gasteiger partial charge in [-0.2, -0.15) is 13.2 Å². The molecule has 2 saturated carbocycles. The van der Waals surface area contributed by atoms with Crippen molar-refractivity contribution in [3.63, 3.8) is 0 Å². The van der Waals surface area contributed by atoms with Crippen LogP contribution in [0.5, 0.6) is 0 Å². The summed E-state index contributed by atoms with van der Waals surface area (Å²) >= 11 is 0. The molecule has 6 rings (SSSR count). The van der Waals surface area contributed by atoms with Crippen LogP contribution in [-0.4, -0.2) is 66.2 Å². The van der Waals surface area contributed by atoms with Gasteiger partial charge >= 0.3 is 30.1 Å². The van der Waals surface area contributed by atoms with Gasteiger partial charge < -0.3 is 23.7 Å². The lowest BCUT2D eigenvalue weighted by molar-refractivity contribution is -0.231. The molecule has 4 bridgehead atoms. The number of hydrogen-bond donors (Lipinski definition) is 0. The molecule has 0 aromatic heterocycles. The van der Waals surface area contributed by atoms with Gasteiger partial charge in [-0.3, -0.25) is 19.2 Å². The molecule has 230 valence electrons. The summed E-state index contributed by atoms with van der Waals surface area (Å²) in [5, 5.41) is 0. The standard InChI is InChI=1S/C15H19F3O4.C14H20O5/c1-4-13(2,3)11(19)21-9-7-5-8-10(9)22-12(20)14(8,6-7)15(16,17)18;1-5-13(2,3)12(16)19-14(4)8-6-7-9(17-8)10(14)18-11(7)15/h7-10H,4-6H2,1-3H3;7-10H,5-6H2,1-4H3. The third-order valence-electron chi connectivity index (χ3n) is 10.7. The first kappa shape index (κ1) is 30.1. The molecule has 12 heteroatoms. The topological polar surface area (TPSA) is 114 Å².